The van der Waals surface area contributed by atoms with Crippen LogP contribution in [0.2, 0.25) is 0 Å². The summed E-state index contributed by atoms with van der Waals surface area (Å²) >= 11 is 8.32. The summed E-state index contributed by atoms with van der Waals surface area (Å²) in [5.41, 5.74) is 6.61. The molecule has 0 radical (unpaired) electrons. The van der Waals surface area contributed by atoms with E-state index in [-0.39, 0.29) is 0 Å². The molecule has 2 rings (SSSR count). The molecule has 1 aromatic carbocycles. The highest BCUT2D eigenvalue weighted by Gasteiger charge is 2.06. The van der Waals surface area contributed by atoms with Crippen molar-refractivity contribution in [2.45, 2.75) is 4.90 Å². The van der Waals surface area contributed by atoms with Gasteiger partial charge in [-0.25, -0.2) is 0 Å². The molecule has 0 aliphatic carbocycles. The second-order valence-electron chi connectivity index (χ2n) is 2.45. The zero-order chi connectivity index (χ0) is 8.72. The molecule has 0 unspecified atom stereocenters. The van der Waals surface area contributed by atoms with Crippen molar-refractivity contribution in [3.8, 4) is 0 Å². The average molecular weight is 307 g/mol. The lowest BCUT2D eigenvalue weighted by atomic mass is 10.2. The first-order valence-corrected chi connectivity index (χ1v) is 5.75. The Morgan fingerprint density at radius 3 is 3.00 bits per heavy atom. The summed E-state index contributed by atoms with van der Waals surface area (Å²) in [5, 5.41) is 3.21. The highest BCUT2D eigenvalue weighted by atomic mass is 127. The first-order valence-electron chi connectivity index (χ1n) is 3.34. The van der Waals surface area contributed by atoms with Gasteiger partial charge in [0.15, 0.2) is 0 Å². The van der Waals surface area contributed by atoms with Gasteiger partial charge in [0, 0.05) is 18.6 Å². The van der Waals surface area contributed by atoms with Crippen LogP contribution in [-0.4, -0.2) is 0 Å². The van der Waals surface area contributed by atoms with Crippen molar-refractivity contribution in [3.05, 3.63) is 21.1 Å². The summed E-state index contributed by atoms with van der Waals surface area (Å²) in [5.74, 6) is 0. The third-order valence-electron chi connectivity index (χ3n) is 1.72. The van der Waals surface area contributed by atoms with Gasteiger partial charge in [0.25, 0.3) is 0 Å². The third-order valence-corrected chi connectivity index (χ3v) is 3.96. The number of thiol groups is 1. The molecule has 0 spiro atoms. The van der Waals surface area contributed by atoms with Gasteiger partial charge in [-0.1, -0.05) is 0 Å². The standard InChI is InChI=1S/C8H6INS2/c9-5-3-6-4(1-2-12-6)8(11)7(5)10/h1-3,11H,10H2. The fraction of sp³-hybridized carbons (Fsp3) is 0. The number of rotatable bonds is 0. The lowest BCUT2D eigenvalue weighted by molar-refractivity contribution is 1.54. The Morgan fingerprint density at radius 2 is 2.25 bits per heavy atom. The van der Waals surface area contributed by atoms with Crippen molar-refractivity contribution >= 4 is 62.3 Å². The van der Waals surface area contributed by atoms with E-state index in [9.17, 15) is 0 Å². The third kappa shape index (κ3) is 1.22. The predicted octanol–water partition coefficient (Wildman–Crippen LogP) is 3.38. The van der Waals surface area contributed by atoms with Crippen LogP contribution in [0.15, 0.2) is 22.4 Å². The summed E-state index contributed by atoms with van der Waals surface area (Å²) in [4.78, 5) is 0.901. The van der Waals surface area contributed by atoms with Gasteiger partial charge in [0.05, 0.1) is 5.69 Å². The van der Waals surface area contributed by atoms with E-state index in [1.165, 1.54) is 4.70 Å². The molecular formula is C8H6INS2. The number of anilines is 1. The number of thiophene rings is 1. The molecule has 0 bridgehead atoms. The highest BCUT2D eigenvalue weighted by Crippen LogP contribution is 2.34. The molecule has 0 amide bonds. The van der Waals surface area contributed by atoms with E-state index >= 15 is 0 Å². The summed E-state index contributed by atoms with van der Waals surface area (Å²) in [6.07, 6.45) is 0. The van der Waals surface area contributed by atoms with E-state index in [2.05, 4.69) is 52.7 Å². The van der Waals surface area contributed by atoms with Gasteiger partial charge in [-0.2, -0.15) is 0 Å². The molecule has 12 heavy (non-hydrogen) atoms. The van der Waals surface area contributed by atoms with E-state index in [1.54, 1.807) is 11.3 Å². The van der Waals surface area contributed by atoms with Crippen LogP contribution in [0.3, 0.4) is 0 Å². The molecule has 0 fully saturated rings. The quantitative estimate of drug-likeness (QED) is 0.435. The first kappa shape index (κ1) is 8.65. The van der Waals surface area contributed by atoms with Crippen LogP contribution >= 0.6 is 46.6 Å². The first-order chi connectivity index (χ1) is 5.70. The Kier molecular flexibility index (Phi) is 2.22. The number of fused-ring (bicyclic) bond motifs is 1. The van der Waals surface area contributed by atoms with Crippen molar-refractivity contribution in [2.75, 3.05) is 5.73 Å². The Hall–Kier alpha value is 0.0600. The highest BCUT2D eigenvalue weighted by molar-refractivity contribution is 14.1. The second-order valence-corrected chi connectivity index (χ2v) is 5.01. The lowest BCUT2D eigenvalue weighted by Crippen LogP contribution is -1.90. The zero-order valence-corrected chi connectivity index (χ0v) is 9.91. The van der Waals surface area contributed by atoms with Gasteiger partial charge in [-0.15, -0.1) is 24.0 Å². The molecule has 1 aromatic heterocycles. The molecule has 1 heterocycles. The average Bonchev–Trinajstić information content (AvgIpc) is 2.48. The van der Waals surface area contributed by atoms with Gasteiger partial charge in [0.1, 0.15) is 0 Å². The molecule has 0 atom stereocenters. The number of nitrogens with two attached hydrogens (primary N) is 1. The predicted molar refractivity (Wildman–Crippen MR) is 66.2 cm³/mol. The van der Waals surface area contributed by atoms with E-state index in [1.807, 2.05) is 0 Å². The Labute approximate surface area is 93.5 Å². The Balaban J connectivity index is 2.94. The van der Waals surface area contributed by atoms with E-state index in [0.717, 1.165) is 19.5 Å². The van der Waals surface area contributed by atoms with Crippen molar-refractivity contribution < 1.29 is 0 Å². The molecule has 0 saturated heterocycles. The maximum absolute atomic E-state index is 5.83. The summed E-state index contributed by atoms with van der Waals surface area (Å²) in [7, 11) is 0. The van der Waals surface area contributed by atoms with Crippen LogP contribution < -0.4 is 5.73 Å². The fourth-order valence-corrected chi connectivity index (χ4v) is 3.31. The number of halogens is 1. The van der Waals surface area contributed by atoms with E-state index in [4.69, 9.17) is 5.73 Å². The van der Waals surface area contributed by atoms with Crippen LogP contribution in [0.1, 0.15) is 0 Å². The number of benzene rings is 1. The molecule has 0 aliphatic heterocycles. The largest absolute Gasteiger partial charge is 0.397 e. The van der Waals surface area contributed by atoms with Crippen molar-refractivity contribution in [2.24, 2.45) is 0 Å². The topological polar surface area (TPSA) is 26.0 Å². The second kappa shape index (κ2) is 3.08. The Bertz CT molecular complexity index is 436. The Morgan fingerprint density at radius 1 is 1.50 bits per heavy atom. The van der Waals surface area contributed by atoms with Gasteiger partial charge in [0.2, 0.25) is 0 Å². The van der Waals surface area contributed by atoms with Crippen LogP contribution in [0.25, 0.3) is 10.1 Å². The summed E-state index contributed by atoms with van der Waals surface area (Å²) in [6, 6.07) is 4.14. The van der Waals surface area contributed by atoms with Crippen LogP contribution in [0, 0.1) is 3.57 Å². The molecule has 0 aliphatic rings. The summed E-state index contributed by atoms with van der Waals surface area (Å²) in [6.45, 7) is 0. The van der Waals surface area contributed by atoms with Gasteiger partial charge in [-0.05, 0) is 40.1 Å². The number of nitrogen functional groups attached to an aromatic ring is 1. The molecule has 1 nitrogen and oxygen atoms in total. The normalized spacial score (nSPS) is 10.8. The molecule has 62 valence electrons. The minimum atomic E-state index is 0.782. The maximum Gasteiger partial charge on any atom is 0.0592 e. The van der Waals surface area contributed by atoms with E-state index < -0.39 is 0 Å². The number of hydrogen-bond acceptors (Lipinski definition) is 3. The molecule has 0 saturated carbocycles. The van der Waals surface area contributed by atoms with Gasteiger partial charge < -0.3 is 5.73 Å². The van der Waals surface area contributed by atoms with Crippen LogP contribution in [0.4, 0.5) is 5.69 Å². The van der Waals surface area contributed by atoms with Crippen LogP contribution in [-0.2, 0) is 0 Å². The van der Waals surface area contributed by atoms with Crippen molar-refractivity contribution in [1.82, 2.24) is 0 Å². The minimum Gasteiger partial charge on any atom is -0.397 e. The van der Waals surface area contributed by atoms with Gasteiger partial charge in [-0.3, -0.25) is 0 Å². The summed E-state index contributed by atoms with van der Waals surface area (Å²) < 4.78 is 2.33. The van der Waals surface area contributed by atoms with Crippen molar-refractivity contribution in [3.63, 3.8) is 0 Å². The van der Waals surface area contributed by atoms with E-state index in [0.29, 0.717) is 0 Å². The molecule has 4 heteroatoms. The fourth-order valence-electron chi connectivity index (χ4n) is 1.08. The lowest BCUT2D eigenvalue weighted by Gasteiger charge is -2.02. The molecule has 2 N–H and O–H groups in total. The maximum atomic E-state index is 5.83. The van der Waals surface area contributed by atoms with Crippen molar-refractivity contribution in [1.29, 1.82) is 0 Å². The van der Waals surface area contributed by atoms with Gasteiger partial charge >= 0.3 is 0 Å². The zero-order valence-electron chi connectivity index (χ0n) is 6.04. The molecule has 2 aromatic rings. The SMILES string of the molecule is Nc1c(I)cc2sccc2c1S. The molecular weight excluding hydrogens is 301 g/mol. The van der Waals surface area contributed by atoms with Crippen LogP contribution in [0.5, 0.6) is 0 Å². The smallest absolute Gasteiger partial charge is 0.0592 e. The number of hydrogen-bond donors (Lipinski definition) is 2. The monoisotopic (exact) mass is 307 g/mol. The minimum absolute atomic E-state index is 0.782.